The first-order chi connectivity index (χ1) is 17.3. The first kappa shape index (κ1) is 25.5. The maximum atomic E-state index is 13.8. The summed E-state index contributed by atoms with van der Waals surface area (Å²) in [4.78, 5) is 11.8. The van der Waals surface area contributed by atoms with Gasteiger partial charge in [0.1, 0.15) is 16.8 Å². The molecule has 0 aliphatic heterocycles. The number of halogens is 2. The number of aryl methyl sites for hydroxylation is 1. The third-order valence-corrected chi connectivity index (χ3v) is 6.62. The molecule has 8 heteroatoms. The van der Waals surface area contributed by atoms with Crippen LogP contribution in [0.4, 0.5) is 4.39 Å². The molecule has 0 aliphatic rings. The monoisotopic (exact) mass is 521 g/mol. The number of hydrogen-bond donors (Lipinski definition) is 1. The van der Waals surface area contributed by atoms with Crippen molar-refractivity contribution in [3.8, 4) is 0 Å². The van der Waals surface area contributed by atoms with Gasteiger partial charge in [-0.15, -0.1) is 0 Å². The molecule has 1 aromatic heterocycles. The van der Waals surface area contributed by atoms with Crippen LogP contribution >= 0.6 is 11.6 Å². The first-order valence-corrected chi connectivity index (χ1v) is 13.2. The summed E-state index contributed by atoms with van der Waals surface area (Å²) >= 11 is 6.50. The molecule has 0 radical (unpaired) electrons. The fraction of sp³-hybridized carbons (Fsp3) is 0.143. The van der Waals surface area contributed by atoms with Crippen molar-refractivity contribution in [1.29, 1.82) is 0 Å². The second-order valence-electron chi connectivity index (χ2n) is 8.25. The molecule has 0 spiro atoms. The molecule has 1 amide bonds. The summed E-state index contributed by atoms with van der Waals surface area (Å²) in [6, 6.07) is 18.4. The fourth-order valence-electron chi connectivity index (χ4n) is 4.18. The molecular formula is C28H25ClFN3O2S. The van der Waals surface area contributed by atoms with Gasteiger partial charge in [-0.25, -0.2) is 8.60 Å². The fourth-order valence-corrected chi connectivity index (χ4v) is 4.81. The number of carbonyl (C=O) groups is 1. The first-order valence-electron chi connectivity index (χ1n) is 11.3. The molecule has 184 valence electrons. The third kappa shape index (κ3) is 5.64. The van der Waals surface area contributed by atoms with E-state index >= 15 is 0 Å². The predicted molar refractivity (Wildman–Crippen MR) is 146 cm³/mol. The van der Waals surface area contributed by atoms with Crippen molar-refractivity contribution < 1.29 is 13.4 Å². The summed E-state index contributed by atoms with van der Waals surface area (Å²) in [7, 11) is 0.483. The lowest BCUT2D eigenvalue weighted by Crippen LogP contribution is -2.22. The summed E-state index contributed by atoms with van der Waals surface area (Å²) in [5.41, 5.74) is 6.50. The highest BCUT2D eigenvalue weighted by Gasteiger charge is 2.17. The van der Waals surface area contributed by atoms with Gasteiger partial charge in [-0.05, 0) is 70.2 Å². The third-order valence-electron chi connectivity index (χ3n) is 5.82. The Kier molecular flexibility index (Phi) is 7.82. The Hall–Kier alpha value is -3.55. The average Bonchev–Trinajstić information content (AvgIpc) is 3.21. The Bertz CT molecular complexity index is 1520. The van der Waals surface area contributed by atoms with Crippen LogP contribution in [0.5, 0.6) is 0 Å². The van der Waals surface area contributed by atoms with E-state index in [1.54, 1.807) is 12.1 Å². The van der Waals surface area contributed by atoms with Gasteiger partial charge in [0.15, 0.2) is 0 Å². The number of aromatic nitrogens is 2. The molecule has 5 nitrogen and oxygen atoms in total. The summed E-state index contributed by atoms with van der Waals surface area (Å²) in [6.07, 6.45) is 6.90. The van der Waals surface area contributed by atoms with E-state index < -0.39 is 16.9 Å². The minimum Gasteiger partial charge on any atom is -0.272 e. The second kappa shape index (κ2) is 11.0. The molecule has 0 saturated heterocycles. The van der Waals surface area contributed by atoms with Gasteiger partial charge in [0.2, 0.25) is 0 Å². The number of allylic oxidation sites excluding steroid dienone is 1. The van der Waals surface area contributed by atoms with E-state index in [4.69, 9.17) is 11.6 Å². The molecule has 0 fully saturated rings. The van der Waals surface area contributed by atoms with Gasteiger partial charge in [-0.3, -0.25) is 14.2 Å². The van der Waals surface area contributed by atoms with Crippen LogP contribution in [0.1, 0.15) is 35.6 Å². The number of rotatable bonds is 7. The van der Waals surface area contributed by atoms with E-state index in [1.807, 2.05) is 55.2 Å². The quantitative estimate of drug-likeness (QED) is 0.234. The van der Waals surface area contributed by atoms with E-state index in [1.165, 1.54) is 24.5 Å². The van der Waals surface area contributed by atoms with Crippen molar-refractivity contribution >= 4 is 56.6 Å². The van der Waals surface area contributed by atoms with Crippen LogP contribution in [0.2, 0.25) is 5.02 Å². The number of hydrogen-bond acceptors (Lipinski definition) is 3. The number of benzene rings is 3. The van der Waals surface area contributed by atoms with Crippen LogP contribution < -0.4 is 4.72 Å². The highest BCUT2D eigenvalue weighted by molar-refractivity contribution is 7.82. The van der Waals surface area contributed by atoms with Gasteiger partial charge in [-0.1, -0.05) is 54.9 Å². The Morgan fingerprint density at radius 1 is 1.11 bits per heavy atom. The minimum absolute atomic E-state index is 0.352. The zero-order chi connectivity index (χ0) is 25.8. The van der Waals surface area contributed by atoms with Gasteiger partial charge in [0.25, 0.3) is 5.91 Å². The van der Waals surface area contributed by atoms with Gasteiger partial charge < -0.3 is 0 Å². The van der Waals surface area contributed by atoms with E-state index in [2.05, 4.69) is 22.0 Å². The zero-order valence-corrected chi connectivity index (χ0v) is 21.7. The Morgan fingerprint density at radius 3 is 2.50 bits per heavy atom. The zero-order valence-electron chi connectivity index (χ0n) is 20.1. The molecule has 1 heterocycles. The van der Waals surface area contributed by atoms with Gasteiger partial charge in [0.05, 0.1) is 16.7 Å². The molecule has 0 bridgehead atoms. The van der Waals surface area contributed by atoms with Gasteiger partial charge >= 0.3 is 0 Å². The van der Waals surface area contributed by atoms with Crippen LogP contribution in [0.15, 0.2) is 72.9 Å². The number of nitrogens with one attached hydrogen (secondary N) is 1. The topological polar surface area (TPSA) is 64.0 Å². The Labute approximate surface area is 216 Å². The van der Waals surface area contributed by atoms with Crippen molar-refractivity contribution in [1.82, 2.24) is 14.5 Å². The second-order valence-corrected chi connectivity index (χ2v) is 9.77. The van der Waals surface area contributed by atoms with Crippen molar-refractivity contribution in [3.63, 3.8) is 0 Å². The lowest BCUT2D eigenvalue weighted by atomic mass is 9.87. The van der Waals surface area contributed by atoms with Crippen LogP contribution in [-0.2, 0) is 22.8 Å². The van der Waals surface area contributed by atoms with Gasteiger partial charge in [-0.2, -0.15) is 5.10 Å². The summed E-state index contributed by atoms with van der Waals surface area (Å²) in [6.45, 7) is 2.05. The van der Waals surface area contributed by atoms with Crippen molar-refractivity contribution in [2.45, 2.75) is 13.3 Å². The molecule has 1 N–H and O–H groups in total. The number of carbonyl (C=O) groups excluding carboxylic acids is 1. The minimum atomic E-state index is -1.42. The SMILES string of the molecule is CCC(=C(c1ccc(C=CC(=O)NS(C)=O)cc1)c1ccc2c(cnn2C)c1)c1ccc(F)cc1Cl. The largest absolute Gasteiger partial charge is 0.272 e. The Balaban J connectivity index is 1.84. The number of fused-ring (bicyclic) bond motifs is 1. The lowest BCUT2D eigenvalue weighted by molar-refractivity contribution is -0.114. The summed E-state index contributed by atoms with van der Waals surface area (Å²) in [5.74, 6) is -0.811. The van der Waals surface area contributed by atoms with E-state index in [9.17, 15) is 13.4 Å². The van der Waals surface area contributed by atoms with Crippen molar-refractivity contribution in [2.75, 3.05) is 6.26 Å². The lowest BCUT2D eigenvalue weighted by Gasteiger charge is -2.18. The molecule has 0 saturated carbocycles. The van der Waals surface area contributed by atoms with E-state index in [0.717, 1.165) is 44.3 Å². The van der Waals surface area contributed by atoms with Crippen LogP contribution in [0.3, 0.4) is 0 Å². The summed E-state index contributed by atoms with van der Waals surface area (Å²) < 4.78 is 29.1. The summed E-state index contributed by atoms with van der Waals surface area (Å²) in [5, 5.41) is 5.72. The van der Waals surface area contributed by atoms with Crippen LogP contribution in [0, 0.1) is 5.82 Å². The predicted octanol–water partition coefficient (Wildman–Crippen LogP) is 6.16. The molecule has 1 atom stereocenters. The molecule has 1 unspecified atom stereocenters. The van der Waals surface area contributed by atoms with Gasteiger partial charge in [0, 0.05) is 24.8 Å². The highest BCUT2D eigenvalue weighted by atomic mass is 35.5. The smallest absolute Gasteiger partial charge is 0.255 e. The average molecular weight is 522 g/mol. The molecule has 3 aromatic carbocycles. The molecule has 4 aromatic rings. The molecule has 36 heavy (non-hydrogen) atoms. The normalized spacial score (nSPS) is 13.1. The maximum Gasteiger partial charge on any atom is 0.255 e. The Morgan fingerprint density at radius 2 is 1.83 bits per heavy atom. The van der Waals surface area contributed by atoms with Crippen LogP contribution in [0.25, 0.3) is 28.1 Å². The van der Waals surface area contributed by atoms with Crippen LogP contribution in [-0.4, -0.2) is 26.2 Å². The van der Waals surface area contributed by atoms with E-state index in [0.29, 0.717) is 11.4 Å². The standard InChI is InChI=1S/C28H25ClFN3O2S/c1-4-23(24-12-11-22(30)16-25(24)29)28(20-10-13-26-21(15-20)17-31-33(26)2)19-8-5-18(6-9-19)7-14-27(34)32-36(3)35/h5-17H,4H2,1-3H3,(H,32,34). The van der Waals surface area contributed by atoms with Crippen molar-refractivity contribution in [2.24, 2.45) is 7.05 Å². The van der Waals surface area contributed by atoms with E-state index in [-0.39, 0.29) is 5.82 Å². The number of nitrogens with zero attached hydrogens (tertiary/aromatic N) is 2. The molecular weight excluding hydrogens is 497 g/mol. The number of amides is 1. The molecule has 4 rings (SSSR count). The highest BCUT2D eigenvalue weighted by Crippen LogP contribution is 2.38. The molecule has 0 aliphatic carbocycles. The maximum absolute atomic E-state index is 13.8. The van der Waals surface area contributed by atoms with Crippen molar-refractivity contribution in [3.05, 3.63) is 106 Å².